The van der Waals surface area contributed by atoms with Gasteiger partial charge in [0.2, 0.25) is 5.91 Å². The summed E-state index contributed by atoms with van der Waals surface area (Å²) in [5.41, 5.74) is 3.04. The molecule has 0 fully saturated rings. The second kappa shape index (κ2) is 7.14. The Morgan fingerprint density at radius 1 is 1.11 bits per heavy atom. The summed E-state index contributed by atoms with van der Waals surface area (Å²) in [6.07, 6.45) is 1.40. The molecule has 0 radical (unpaired) electrons. The van der Waals surface area contributed by atoms with Crippen molar-refractivity contribution in [1.82, 2.24) is 5.32 Å². The van der Waals surface area contributed by atoms with E-state index in [2.05, 4.69) is 5.32 Å². The van der Waals surface area contributed by atoms with Gasteiger partial charge in [-0.3, -0.25) is 4.79 Å². The lowest BCUT2D eigenvalue weighted by atomic mass is 9.98. The van der Waals surface area contributed by atoms with Gasteiger partial charge in [-0.05, 0) is 43.9 Å². The van der Waals surface area contributed by atoms with Gasteiger partial charge in [0.25, 0.3) is 0 Å². The molecule has 148 valence electrons. The normalized spacial score (nSPS) is 12.6. The highest BCUT2D eigenvalue weighted by atomic mass is 16.4. The van der Waals surface area contributed by atoms with Crippen LogP contribution in [0, 0.1) is 26.7 Å². The molecule has 7 nitrogen and oxygen atoms in total. The zero-order valence-corrected chi connectivity index (χ0v) is 16.5. The molecule has 0 saturated heterocycles. The molecule has 7 heteroatoms. The Balaban J connectivity index is 2.06. The second-order valence-electron chi connectivity index (χ2n) is 7.47. The number of fused-ring (bicyclic) bond motifs is 2. The van der Waals surface area contributed by atoms with Gasteiger partial charge in [0, 0.05) is 16.3 Å². The van der Waals surface area contributed by atoms with E-state index in [0.29, 0.717) is 16.7 Å². The number of aryl methyl sites for hydroxylation is 3. The van der Waals surface area contributed by atoms with E-state index in [4.69, 9.17) is 8.83 Å². The summed E-state index contributed by atoms with van der Waals surface area (Å²) in [5.74, 6) is -1.93. The summed E-state index contributed by atoms with van der Waals surface area (Å²) < 4.78 is 11.1. The van der Waals surface area contributed by atoms with Crippen LogP contribution < -0.4 is 10.9 Å². The van der Waals surface area contributed by atoms with Crippen LogP contribution in [0.1, 0.15) is 36.1 Å². The number of aliphatic carboxylic acids is 1. The Bertz CT molecular complexity index is 1150. The Morgan fingerprint density at radius 3 is 2.39 bits per heavy atom. The molecule has 0 aliphatic heterocycles. The predicted molar refractivity (Wildman–Crippen MR) is 105 cm³/mol. The second-order valence-corrected chi connectivity index (χ2v) is 7.47. The molecule has 2 N–H and O–H groups in total. The molecule has 0 saturated carbocycles. The van der Waals surface area contributed by atoms with Crippen LogP contribution in [0.5, 0.6) is 0 Å². The molecule has 0 spiro atoms. The van der Waals surface area contributed by atoms with Gasteiger partial charge in [0.15, 0.2) is 0 Å². The largest absolute Gasteiger partial charge is 0.480 e. The van der Waals surface area contributed by atoms with Gasteiger partial charge < -0.3 is 19.3 Å². The zero-order chi connectivity index (χ0) is 20.7. The topological polar surface area (TPSA) is 110 Å². The van der Waals surface area contributed by atoms with E-state index in [1.165, 1.54) is 0 Å². The van der Waals surface area contributed by atoms with Crippen LogP contribution in [0.4, 0.5) is 0 Å². The number of nitrogens with one attached hydrogen (secondary N) is 1. The monoisotopic (exact) mass is 385 g/mol. The van der Waals surface area contributed by atoms with Crippen LogP contribution in [0.15, 0.2) is 26.0 Å². The fraction of sp³-hybridized carbons (Fsp3) is 0.381. The number of amides is 1. The van der Waals surface area contributed by atoms with Gasteiger partial charge in [-0.1, -0.05) is 13.8 Å². The summed E-state index contributed by atoms with van der Waals surface area (Å²) in [6, 6.07) is 0.875. The number of benzene rings is 1. The Kier molecular flexibility index (Phi) is 5.02. The maximum atomic E-state index is 12.5. The van der Waals surface area contributed by atoms with Gasteiger partial charge in [0.05, 0.1) is 18.2 Å². The Labute approximate surface area is 161 Å². The molecule has 1 atom stereocenters. The zero-order valence-electron chi connectivity index (χ0n) is 16.5. The van der Waals surface area contributed by atoms with Crippen LogP contribution in [0.3, 0.4) is 0 Å². The molecule has 0 aliphatic rings. The van der Waals surface area contributed by atoms with E-state index >= 15 is 0 Å². The minimum absolute atomic E-state index is 0.220. The lowest BCUT2D eigenvalue weighted by molar-refractivity contribution is -0.143. The first kappa shape index (κ1) is 19.7. The van der Waals surface area contributed by atoms with Gasteiger partial charge in [-0.25, -0.2) is 9.59 Å². The predicted octanol–water partition coefficient (Wildman–Crippen LogP) is 3.23. The van der Waals surface area contributed by atoms with Crippen LogP contribution in [0.2, 0.25) is 0 Å². The van der Waals surface area contributed by atoms with Crippen molar-refractivity contribution >= 4 is 33.8 Å². The van der Waals surface area contributed by atoms with Crippen molar-refractivity contribution < 1.29 is 23.5 Å². The standard InChI is InChI=1S/C21H23NO6/c1-9(2)17(20(24)25)22-16(23)7-15-11(4)14-6-13-10(3)8-27-18(13)12(5)19(14)28-21(15)26/h6,8-9,17H,7H2,1-5H3,(H,22,23)(H,24,25)/t17-/m1/s1. The van der Waals surface area contributed by atoms with Crippen molar-refractivity contribution in [2.45, 2.75) is 47.1 Å². The molecule has 0 unspecified atom stereocenters. The smallest absolute Gasteiger partial charge is 0.340 e. The minimum atomic E-state index is -1.11. The fourth-order valence-electron chi connectivity index (χ4n) is 3.42. The number of hydrogen-bond donors (Lipinski definition) is 2. The third kappa shape index (κ3) is 3.28. The molecule has 3 rings (SSSR count). The van der Waals surface area contributed by atoms with Crippen LogP contribution in [-0.4, -0.2) is 23.0 Å². The highest BCUT2D eigenvalue weighted by molar-refractivity contribution is 6.00. The van der Waals surface area contributed by atoms with Crippen molar-refractivity contribution in [3.05, 3.63) is 45.0 Å². The molecule has 0 aliphatic carbocycles. The summed E-state index contributed by atoms with van der Waals surface area (Å²) >= 11 is 0. The molecule has 1 amide bonds. The number of carboxylic acid groups (broad SMARTS) is 1. The van der Waals surface area contributed by atoms with E-state index in [1.54, 1.807) is 27.0 Å². The summed E-state index contributed by atoms with van der Waals surface area (Å²) in [6.45, 7) is 8.92. The van der Waals surface area contributed by atoms with Crippen LogP contribution in [-0.2, 0) is 16.0 Å². The number of carbonyl (C=O) groups is 2. The summed E-state index contributed by atoms with van der Waals surface area (Å²) in [5, 5.41) is 13.4. The molecular formula is C21H23NO6. The van der Waals surface area contributed by atoms with Crippen molar-refractivity contribution in [3.8, 4) is 0 Å². The highest BCUT2D eigenvalue weighted by Gasteiger charge is 2.25. The van der Waals surface area contributed by atoms with E-state index < -0.39 is 23.5 Å². The average Bonchev–Trinajstić information content (AvgIpc) is 2.98. The molecule has 28 heavy (non-hydrogen) atoms. The van der Waals surface area contributed by atoms with Crippen molar-refractivity contribution in [1.29, 1.82) is 0 Å². The molecule has 2 aromatic heterocycles. The third-order valence-corrected chi connectivity index (χ3v) is 5.12. The Hall–Kier alpha value is -3.09. The maximum Gasteiger partial charge on any atom is 0.340 e. The third-order valence-electron chi connectivity index (χ3n) is 5.12. The highest BCUT2D eigenvalue weighted by Crippen LogP contribution is 2.32. The SMILES string of the molecule is Cc1coc2c(C)c3oc(=O)c(CC(=O)N[C@@H](C(=O)O)C(C)C)c(C)c3cc12. The number of carbonyl (C=O) groups excluding carboxylic acids is 1. The van der Waals surface area contributed by atoms with Crippen LogP contribution in [0.25, 0.3) is 21.9 Å². The molecular weight excluding hydrogens is 362 g/mol. The number of rotatable bonds is 5. The lowest BCUT2D eigenvalue weighted by Gasteiger charge is -2.18. The van der Waals surface area contributed by atoms with Crippen LogP contribution >= 0.6 is 0 Å². The van der Waals surface area contributed by atoms with Gasteiger partial charge in [-0.2, -0.15) is 0 Å². The van der Waals surface area contributed by atoms with Crippen molar-refractivity contribution in [2.75, 3.05) is 0 Å². The first-order chi connectivity index (χ1) is 13.1. The molecule has 1 aromatic carbocycles. The molecule has 0 bridgehead atoms. The minimum Gasteiger partial charge on any atom is -0.480 e. The quantitative estimate of drug-likeness (QED) is 0.653. The molecule has 3 aromatic rings. The lowest BCUT2D eigenvalue weighted by Crippen LogP contribution is -2.45. The fourth-order valence-corrected chi connectivity index (χ4v) is 3.42. The number of hydrogen-bond acceptors (Lipinski definition) is 5. The first-order valence-corrected chi connectivity index (χ1v) is 9.07. The number of carboxylic acids is 1. The first-order valence-electron chi connectivity index (χ1n) is 9.07. The van der Waals surface area contributed by atoms with E-state index in [1.807, 2.05) is 19.9 Å². The molecule has 2 heterocycles. The maximum absolute atomic E-state index is 12.5. The van der Waals surface area contributed by atoms with E-state index in [-0.39, 0.29) is 17.9 Å². The summed E-state index contributed by atoms with van der Waals surface area (Å²) in [7, 11) is 0. The number of furan rings is 1. The van der Waals surface area contributed by atoms with Crippen molar-refractivity contribution in [3.63, 3.8) is 0 Å². The van der Waals surface area contributed by atoms with E-state index in [9.17, 15) is 19.5 Å². The summed E-state index contributed by atoms with van der Waals surface area (Å²) in [4.78, 5) is 36.2. The Morgan fingerprint density at radius 2 is 1.79 bits per heavy atom. The van der Waals surface area contributed by atoms with Crippen molar-refractivity contribution in [2.24, 2.45) is 5.92 Å². The van der Waals surface area contributed by atoms with Gasteiger partial charge in [0.1, 0.15) is 17.2 Å². The van der Waals surface area contributed by atoms with Gasteiger partial charge >= 0.3 is 11.6 Å². The average molecular weight is 385 g/mol. The van der Waals surface area contributed by atoms with Gasteiger partial charge in [-0.15, -0.1) is 0 Å². The van der Waals surface area contributed by atoms with E-state index in [0.717, 1.165) is 21.9 Å².